The van der Waals surface area contributed by atoms with Gasteiger partial charge in [-0.15, -0.1) is 0 Å². The molecule has 0 bridgehead atoms. The molecule has 1 aromatic carbocycles. The summed E-state index contributed by atoms with van der Waals surface area (Å²) in [6.45, 7) is 7.22. The van der Waals surface area contributed by atoms with Crippen LogP contribution in [0.2, 0.25) is 5.02 Å². The lowest BCUT2D eigenvalue weighted by Gasteiger charge is -2.32. The summed E-state index contributed by atoms with van der Waals surface area (Å²) in [5, 5.41) is 18.0. The average molecular weight is 473 g/mol. The van der Waals surface area contributed by atoms with Crippen LogP contribution in [0.25, 0.3) is 0 Å². The van der Waals surface area contributed by atoms with E-state index in [9.17, 15) is 4.79 Å². The number of nitriles is 1. The van der Waals surface area contributed by atoms with Crippen molar-refractivity contribution < 1.29 is 9.53 Å². The molecule has 2 amide bonds. The number of benzene rings is 1. The smallest absolute Gasteiger partial charge is 0.325 e. The van der Waals surface area contributed by atoms with E-state index in [1.54, 1.807) is 6.07 Å². The number of methoxy groups -OCH3 is 1. The van der Waals surface area contributed by atoms with Gasteiger partial charge < -0.3 is 20.3 Å². The van der Waals surface area contributed by atoms with Gasteiger partial charge in [0, 0.05) is 44.3 Å². The first-order valence-electron chi connectivity index (χ1n) is 10.8. The van der Waals surface area contributed by atoms with Crippen molar-refractivity contribution in [2.45, 2.75) is 6.42 Å². The fraction of sp³-hybridized carbons (Fsp3) is 0.455. The zero-order valence-electron chi connectivity index (χ0n) is 18.9. The summed E-state index contributed by atoms with van der Waals surface area (Å²) in [6.07, 6.45) is 3.33. The number of hydrogen-bond acceptors (Lipinski definition) is 8. The van der Waals surface area contributed by atoms with E-state index in [-0.39, 0.29) is 11.5 Å². The van der Waals surface area contributed by atoms with Crippen LogP contribution < -0.4 is 20.7 Å². The minimum atomic E-state index is -0.526. The van der Waals surface area contributed by atoms with Gasteiger partial charge in [-0.2, -0.15) is 5.26 Å². The first kappa shape index (κ1) is 24.7. The van der Waals surface area contributed by atoms with Crippen LogP contribution in [0, 0.1) is 11.3 Å². The minimum absolute atomic E-state index is 0.166. The highest BCUT2D eigenvalue weighted by molar-refractivity contribution is 6.31. The van der Waals surface area contributed by atoms with Crippen LogP contribution in [-0.4, -0.2) is 85.8 Å². The normalized spacial score (nSPS) is 14.5. The maximum atomic E-state index is 12.3. The van der Waals surface area contributed by atoms with Gasteiger partial charge >= 0.3 is 6.03 Å². The maximum Gasteiger partial charge on any atom is 0.325 e. The summed E-state index contributed by atoms with van der Waals surface area (Å²) in [6, 6.07) is 4.85. The molecule has 33 heavy (non-hydrogen) atoms. The van der Waals surface area contributed by atoms with Crippen molar-refractivity contribution in [1.29, 1.82) is 5.26 Å². The number of anilines is 2. The molecule has 0 saturated carbocycles. The van der Waals surface area contributed by atoms with Crippen molar-refractivity contribution in [2.75, 3.05) is 70.6 Å². The number of amides is 2. The number of likely N-dealkylation sites (N-methyl/N-ethyl adjacent to an activating group) is 1. The van der Waals surface area contributed by atoms with Crippen molar-refractivity contribution in [3.8, 4) is 11.8 Å². The van der Waals surface area contributed by atoms with Gasteiger partial charge in [0.15, 0.2) is 11.5 Å². The Hall–Kier alpha value is -2.97. The Bertz CT molecular complexity index is 972. The van der Waals surface area contributed by atoms with Gasteiger partial charge in [-0.25, -0.2) is 14.8 Å². The largest absolute Gasteiger partial charge is 0.495 e. The monoisotopic (exact) mass is 472 g/mol. The molecule has 1 aliphatic rings. The Morgan fingerprint density at radius 1 is 1.18 bits per heavy atom. The molecule has 0 unspecified atom stereocenters. The highest BCUT2D eigenvalue weighted by atomic mass is 35.5. The Kier molecular flexibility index (Phi) is 9.21. The standard InChI is InChI=1S/C22H29ClN8O2/c1-30-7-9-31(10-8-30)6-5-25-4-3-16-11-20(33-2)19(12-18(16)23)28-22(32)29-21-15-26-17(13-24)14-27-21/h11-12,14-15,25H,3-10H2,1-2H3,(H2,27,28,29,32). The Labute approximate surface area is 198 Å². The number of hydrogen-bond donors (Lipinski definition) is 3. The molecule has 10 nitrogen and oxygen atoms in total. The highest BCUT2D eigenvalue weighted by Crippen LogP contribution is 2.31. The topological polar surface area (TPSA) is 118 Å². The molecule has 3 N–H and O–H groups in total. The molecule has 2 heterocycles. The number of piperazine rings is 1. The molecule has 2 aromatic rings. The van der Waals surface area contributed by atoms with E-state index in [4.69, 9.17) is 21.6 Å². The second-order valence-corrected chi connectivity index (χ2v) is 8.17. The van der Waals surface area contributed by atoms with Crippen molar-refractivity contribution in [1.82, 2.24) is 25.1 Å². The van der Waals surface area contributed by atoms with Crippen LogP contribution in [0.3, 0.4) is 0 Å². The molecule has 0 atom stereocenters. The average Bonchev–Trinajstić information content (AvgIpc) is 2.81. The number of ether oxygens (including phenoxy) is 1. The number of halogens is 1. The lowest BCUT2D eigenvalue weighted by molar-refractivity contribution is 0.155. The molecule has 1 fully saturated rings. The minimum Gasteiger partial charge on any atom is -0.495 e. The molecule has 0 aliphatic carbocycles. The fourth-order valence-corrected chi connectivity index (χ4v) is 3.69. The molecule has 1 aromatic heterocycles. The third kappa shape index (κ3) is 7.54. The van der Waals surface area contributed by atoms with Crippen LogP contribution in [-0.2, 0) is 6.42 Å². The van der Waals surface area contributed by atoms with Crippen LogP contribution in [0.5, 0.6) is 5.75 Å². The number of nitrogens with one attached hydrogen (secondary N) is 3. The van der Waals surface area contributed by atoms with Gasteiger partial charge in [0.05, 0.1) is 25.2 Å². The lowest BCUT2D eigenvalue weighted by Crippen LogP contribution is -2.46. The SMILES string of the molecule is COc1cc(CCNCCN2CCN(C)CC2)c(Cl)cc1NC(=O)Nc1cnc(C#N)cn1. The van der Waals surface area contributed by atoms with Crippen molar-refractivity contribution in [2.24, 2.45) is 0 Å². The van der Waals surface area contributed by atoms with E-state index in [1.807, 2.05) is 12.1 Å². The molecular formula is C22H29ClN8O2. The summed E-state index contributed by atoms with van der Waals surface area (Å²) in [4.78, 5) is 25.0. The van der Waals surface area contributed by atoms with Gasteiger partial charge in [-0.3, -0.25) is 10.2 Å². The van der Waals surface area contributed by atoms with Crippen molar-refractivity contribution in [3.63, 3.8) is 0 Å². The summed E-state index contributed by atoms with van der Waals surface area (Å²) in [7, 11) is 3.70. The predicted octanol–water partition coefficient (Wildman–Crippen LogP) is 2.03. The molecule has 1 saturated heterocycles. The Morgan fingerprint density at radius 3 is 2.64 bits per heavy atom. The number of urea groups is 1. The first-order valence-corrected chi connectivity index (χ1v) is 11.1. The van der Waals surface area contributed by atoms with Gasteiger partial charge in [-0.1, -0.05) is 11.6 Å². The van der Waals surface area contributed by atoms with E-state index >= 15 is 0 Å². The van der Waals surface area contributed by atoms with E-state index in [2.05, 4.69) is 42.8 Å². The van der Waals surface area contributed by atoms with E-state index in [1.165, 1.54) is 19.5 Å². The van der Waals surface area contributed by atoms with Crippen LogP contribution in [0.15, 0.2) is 24.5 Å². The van der Waals surface area contributed by atoms with Gasteiger partial charge in [0.1, 0.15) is 11.8 Å². The Morgan fingerprint density at radius 2 is 1.97 bits per heavy atom. The van der Waals surface area contributed by atoms with Crippen LogP contribution in [0.4, 0.5) is 16.3 Å². The molecule has 3 rings (SSSR count). The summed E-state index contributed by atoms with van der Waals surface area (Å²) >= 11 is 6.46. The highest BCUT2D eigenvalue weighted by Gasteiger charge is 2.14. The van der Waals surface area contributed by atoms with Crippen LogP contribution in [0.1, 0.15) is 11.3 Å². The van der Waals surface area contributed by atoms with Crippen molar-refractivity contribution >= 4 is 29.1 Å². The zero-order chi connectivity index (χ0) is 23.6. The van der Waals surface area contributed by atoms with Gasteiger partial charge in [-0.05, 0) is 37.7 Å². The number of nitrogens with zero attached hydrogens (tertiary/aromatic N) is 5. The third-order valence-electron chi connectivity index (χ3n) is 5.40. The number of rotatable bonds is 9. The second-order valence-electron chi connectivity index (χ2n) is 7.77. The van der Waals surface area contributed by atoms with E-state index < -0.39 is 6.03 Å². The predicted molar refractivity (Wildman–Crippen MR) is 128 cm³/mol. The maximum absolute atomic E-state index is 12.3. The molecule has 0 radical (unpaired) electrons. The van der Waals surface area contributed by atoms with E-state index in [0.29, 0.717) is 16.5 Å². The van der Waals surface area contributed by atoms with Gasteiger partial charge in [0.25, 0.3) is 0 Å². The number of aromatic nitrogens is 2. The third-order valence-corrected chi connectivity index (χ3v) is 5.75. The van der Waals surface area contributed by atoms with Crippen LogP contribution >= 0.6 is 11.6 Å². The summed E-state index contributed by atoms with van der Waals surface area (Å²) in [5.41, 5.74) is 1.54. The zero-order valence-corrected chi connectivity index (χ0v) is 19.7. The molecule has 0 spiro atoms. The molecule has 11 heteroatoms. The van der Waals surface area contributed by atoms with Gasteiger partial charge in [0.2, 0.25) is 0 Å². The molecular weight excluding hydrogens is 444 g/mol. The number of carbonyl (C=O) groups is 1. The first-order chi connectivity index (χ1) is 16.0. The lowest BCUT2D eigenvalue weighted by atomic mass is 10.1. The second kappa shape index (κ2) is 12.3. The van der Waals surface area contributed by atoms with Crippen molar-refractivity contribution in [3.05, 3.63) is 40.8 Å². The molecule has 176 valence electrons. The Balaban J connectivity index is 1.48. The summed E-state index contributed by atoms with van der Waals surface area (Å²) < 4.78 is 5.44. The summed E-state index contributed by atoms with van der Waals surface area (Å²) in [5.74, 6) is 0.726. The quantitative estimate of drug-likeness (QED) is 0.474. The van der Waals surface area contributed by atoms with E-state index in [0.717, 1.165) is 57.8 Å². The molecule has 1 aliphatic heterocycles. The fourth-order valence-electron chi connectivity index (χ4n) is 3.43. The number of carbonyl (C=O) groups excluding carboxylic acids is 1.